The fraction of sp³-hybridized carbons (Fsp3) is 0.333. The number of rotatable bonds is 4. The van der Waals surface area contributed by atoms with Gasteiger partial charge in [-0.05, 0) is 38.1 Å². The number of hydrogen-bond donors (Lipinski definition) is 2. The normalized spacial score (nSPS) is 13.8. The molecule has 1 aromatic rings. The third-order valence-electron chi connectivity index (χ3n) is 2.60. The van der Waals surface area contributed by atoms with Crippen molar-refractivity contribution in [3.63, 3.8) is 0 Å². The van der Waals surface area contributed by atoms with Gasteiger partial charge in [-0.2, -0.15) is 0 Å². The molecule has 0 heterocycles. The number of carbonyl (C=O) groups is 2. The van der Waals surface area contributed by atoms with E-state index >= 15 is 0 Å². The third-order valence-corrected chi connectivity index (χ3v) is 2.60. The smallest absolute Gasteiger partial charge is 0.308 e. The molecule has 0 bridgehead atoms. The van der Waals surface area contributed by atoms with E-state index in [0.29, 0.717) is 5.56 Å². The van der Waals surface area contributed by atoms with Crippen molar-refractivity contribution in [1.29, 1.82) is 0 Å². The van der Waals surface area contributed by atoms with E-state index in [-0.39, 0.29) is 0 Å². The molecule has 0 fully saturated rings. The summed E-state index contributed by atoms with van der Waals surface area (Å²) in [4.78, 5) is 22.4. The fourth-order valence-electron chi connectivity index (χ4n) is 1.23. The molecule has 0 saturated carbocycles. The van der Waals surface area contributed by atoms with Crippen LogP contribution < -0.4 is 5.32 Å². The molecule has 0 aliphatic heterocycles. The average molecular weight is 239 g/mol. The quantitative estimate of drug-likeness (QED) is 0.839. The van der Waals surface area contributed by atoms with Crippen LogP contribution in [0.4, 0.5) is 4.39 Å². The molecule has 0 aromatic heterocycles. The van der Waals surface area contributed by atoms with Gasteiger partial charge in [-0.1, -0.05) is 0 Å². The molecule has 0 aliphatic carbocycles. The van der Waals surface area contributed by atoms with Crippen molar-refractivity contribution in [2.24, 2.45) is 5.92 Å². The largest absolute Gasteiger partial charge is 0.481 e. The van der Waals surface area contributed by atoms with Crippen molar-refractivity contribution in [1.82, 2.24) is 5.32 Å². The first-order valence-corrected chi connectivity index (χ1v) is 5.21. The second-order valence-corrected chi connectivity index (χ2v) is 3.90. The van der Waals surface area contributed by atoms with Gasteiger partial charge in [0.2, 0.25) is 0 Å². The van der Waals surface area contributed by atoms with Crippen molar-refractivity contribution in [2.75, 3.05) is 0 Å². The van der Waals surface area contributed by atoms with E-state index in [0.717, 1.165) is 0 Å². The number of carboxylic acid groups (broad SMARTS) is 1. The maximum absolute atomic E-state index is 12.6. The zero-order chi connectivity index (χ0) is 13.0. The van der Waals surface area contributed by atoms with Gasteiger partial charge in [0, 0.05) is 11.6 Å². The Hall–Kier alpha value is -1.91. The Balaban J connectivity index is 2.66. The maximum Gasteiger partial charge on any atom is 0.308 e. The highest BCUT2D eigenvalue weighted by molar-refractivity contribution is 5.94. The highest BCUT2D eigenvalue weighted by atomic mass is 19.1. The van der Waals surface area contributed by atoms with Crippen LogP contribution in [0.5, 0.6) is 0 Å². The summed E-state index contributed by atoms with van der Waals surface area (Å²) >= 11 is 0. The number of halogens is 1. The van der Waals surface area contributed by atoms with Crippen molar-refractivity contribution < 1.29 is 19.1 Å². The SMILES string of the molecule is CC(NC(=O)c1ccc(F)cc1)C(C)C(=O)O. The van der Waals surface area contributed by atoms with E-state index in [1.165, 1.54) is 31.2 Å². The van der Waals surface area contributed by atoms with Gasteiger partial charge in [-0.25, -0.2) is 4.39 Å². The number of carboxylic acids is 1. The summed E-state index contributed by atoms with van der Waals surface area (Å²) < 4.78 is 12.6. The van der Waals surface area contributed by atoms with Crippen molar-refractivity contribution >= 4 is 11.9 Å². The second kappa shape index (κ2) is 5.43. The zero-order valence-electron chi connectivity index (χ0n) is 9.61. The van der Waals surface area contributed by atoms with E-state index < -0.39 is 29.7 Å². The van der Waals surface area contributed by atoms with Gasteiger partial charge in [0.1, 0.15) is 5.82 Å². The van der Waals surface area contributed by atoms with Crippen LogP contribution in [0.2, 0.25) is 0 Å². The molecular weight excluding hydrogens is 225 g/mol. The second-order valence-electron chi connectivity index (χ2n) is 3.90. The van der Waals surface area contributed by atoms with E-state index in [9.17, 15) is 14.0 Å². The first-order chi connectivity index (χ1) is 7.91. The summed E-state index contributed by atoms with van der Waals surface area (Å²) in [7, 11) is 0. The first kappa shape index (κ1) is 13.2. The highest BCUT2D eigenvalue weighted by Gasteiger charge is 2.21. The van der Waals surface area contributed by atoms with Crippen LogP contribution in [0.1, 0.15) is 24.2 Å². The minimum absolute atomic E-state index is 0.302. The number of nitrogens with one attached hydrogen (secondary N) is 1. The molecule has 92 valence electrons. The monoisotopic (exact) mass is 239 g/mol. The Morgan fingerprint density at radius 1 is 1.24 bits per heavy atom. The molecule has 1 aromatic carbocycles. The predicted octanol–water partition coefficient (Wildman–Crippen LogP) is 1.66. The molecule has 1 amide bonds. The van der Waals surface area contributed by atoms with Crippen LogP contribution in [0, 0.1) is 11.7 Å². The van der Waals surface area contributed by atoms with Crippen LogP contribution in [-0.2, 0) is 4.79 Å². The topological polar surface area (TPSA) is 66.4 Å². The Morgan fingerprint density at radius 3 is 2.24 bits per heavy atom. The summed E-state index contributed by atoms with van der Waals surface area (Å²) in [5.74, 6) is -2.49. The first-order valence-electron chi connectivity index (χ1n) is 5.21. The molecule has 0 saturated heterocycles. The molecule has 4 nitrogen and oxygen atoms in total. The van der Waals surface area contributed by atoms with E-state index in [1.807, 2.05) is 0 Å². The summed E-state index contributed by atoms with van der Waals surface area (Å²) in [6.07, 6.45) is 0. The van der Waals surface area contributed by atoms with Gasteiger partial charge in [0.15, 0.2) is 0 Å². The Kier molecular flexibility index (Phi) is 4.20. The number of benzene rings is 1. The number of amides is 1. The molecule has 1 rings (SSSR count). The standard InChI is InChI=1S/C12H14FNO3/c1-7(12(16)17)8(2)14-11(15)9-3-5-10(13)6-4-9/h3-8H,1-2H3,(H,14,15)(H,16,17). The summed E-state index contributed by atoms with van der Waals surface area (Å²) in [6.45, 7) is 3.12. The predicted molar refractivity (Wildman–Crippen MR) is 60.1 cm³/mol. The van der Waals surface area contributed by atoms with Crippen LogP contribution in [0.15, 0.2) is 24.3 Å². The fourth-order valence-corrected chi connectivity index (χ4v) is 1.23. The Labute approximate surface area is 98.5 Å². The molecule has 17 heavy (non-hydrogen) atoms. The minimum Gasteiger partial charge on any atom is -0.481 e. The van der Waals surface area contributed by atoms with E-state index in [4.69, 9.17) is 5.11 Å². The Bertz CT molecular complexity index is 416. The minimum atomic E-state index is -0.975. The number of aliphatic carboxylic acids is 1. The van der Waals surface area contributed by atoms with Gasteiger partial charge in [-0.3, -0.25) is 9.59 Å². The number of hydrogen-bond acceptors (Lipinski definition) is 2. The van der Waals surface area contributed by atoms with Crippen LogP contribution in [-0.4, -0.2) is 23.0 Å². The molecule has 5 heteroatoms. The molecule has 0 radical (unpaired) electrons. The summed E-state index contributed by atoms with van der Waals surface area (Å²) in [5, 5.41) is 11.3. The van der Waals surface area contributed by atoms with Crippen molar-refractivity contribution in [3.8, 4) is 0 Å². The molecule has 2 unspecified atom stereocenters. The highest BCUT2D eigenvalue weighted by Crippen LogP contribution is 2.06. The zero-order valence-corrected chi connectivity index (χ0v) is 9.61. The lowest BCUT2D eigenvalue weighted by atomic mass is 10.0. The van der Waals surface area contributed by atoms with Crippen LogP contribution in [0.3, 0.4) is 0 Å². The van der Waals surface area contributed by atoms with Crippen molar-refractivity contribution in [3.05, 3.63) is 35.6 Å². The maximum atomic E-state index is 12.6. The van der Waals surface area contributed by atoms with Gasteiger partial charge >= 0.3 is 5.97 Å². The molecule has 2 N–H and O–H groups in total. The molecular formula is C12H14FNO3. The molecule has 2 atom stereocenters. The summed E-state index contributed by atoms with van der Waals surface area (Å²) in [6, 6.07) is 4.57. The van der Waals surface area contributed by atoms with Gasteiger partial charge in [0.25, 0.3) is 5.91 Å². The third kappa shape index (κ3) is 3.55. The molecule has 0 spiro atoms. The lowest BCUT2D eigenvalue weighted by molar-refractivity contribution is -0.141. The number of carbonyl (C=O) groups excluding carboxylic acids is 1. The van der Waals surface area contributed by atoms with Crippen LogP contribution in [0.25, 0.3) is 0 Å². The average Bonchev–Trinajstić information content (AvgIpc) is 2.28. The van der Waals surface area contributed by atoms with Gasteiger partial charge in [0.05, 0.1) is 5.92 Å². The molecule has 0 aliphatic rings. The van der Waals surface area contributed by atoms with Gasteiger partial charge < -0.3 is 10.4 Å². The summed E-state index contributed by atoms with van der Waals surface area (Å²) in [5.41, 5.74) is 0.302. The van der Waals surface area contributed by atoms with E-state index in [2.05, 4.69) is 5.32 Å². The van der Waals surface area contributed by atoms with Gasteiger partial charge in [-0.15, -0.1) is 0 Å². The van der Waals surface area contributed by atoms with E-state index in [1.54, 1.807) is 6.92 Å². The van der Waals surface area contributed by atoms with Crippen LogP contribution >= 0.6 is 0 Å². The lowest BCUT2D eigenvalue weighted by Gasteiger charge is -2.17. The Morgan fingerprint density at radius 2 is 1.76 bits per heavy atom. The lowest BCUT2D eigenvalue weighted by Crippen LogP contribution is -2.40. The van der Waals surface area contributed by atoms with Crippen molar-refractivity contribution in [2.45, 2.75) is 19.9 Å².